The fraction of sp³-hybridized carbons (Fsp3) is 0.579. The number of carbonyl (C=O) groups is 2. The number of hydrogen-bond donors (Lipinski definition) is 0. The molecule has 0 unspecified atom stereocenters. The highest BCUT2D eigenvalue weighted by atomic mass is 32.2. The Morgan fingerprint density at radius 1 is 1.08 bits per heavy atom. The summed E-state index contributed by atoms with van der Waals surface area (Å²) in [6.07, 6.45) is 3.87. The summed E-state index contributed by atoms with van der Waals surface area (Å²) in [7, 11) is 1.65. The van der Waals surface area contributed by atoms with Crippen molar-refractivity contribution in [2.75, 3.05) is 7.11 Å². The van der Waals surface area contributed by atoms with Gasteiger partial charge in [-0.05, 0) is 30.9 Å². The van der Waals surface area contributed by atoms with E-state index in [0.29, 0.717) is 0 Å². The Bertz CT molecular complexity index is 637. The molecule has 3 rings (SSSR count). The van der Waals surface area contributed by atoms with Gasteiger partial charge in [-0.1, -0.05) is 25.0 Å². The second kappa shape index (κ2) is 7.28. The summed E-state index contributed by atoms with van der Waals surface area (Å²) in [5, 5.41) is 0.149. The maximum Gasteiger partial charge on any atom is 0.323 e. The summed E-state index contributed by atoms with van der Waals surface area (Å²) in [5.74, 6) is -2.20. The number of esters is 2. The van der Waals surface area contributed by atoms with Crippen molar-refractivity contribution in [3.63, 3.8) is 0 Å². The van der Waals surface area contributed by atoms with E-state index in [9.17, 15) is 9.59 Å². The van der Waals surface area contributed by atoms with Crippen LogP contribution in [0.2, 0.25) is 0 Å². The second-order valence-corrected chi connectivity index (χ2v) is 8.26. The summed E-state index contributed by atoms with van der Waals surface area (Å²) in [6, 6.07) is 7.83. The molecule has 136 valence electrons. The zero-order valence-corrected chi connectivity index (χ0v) is 15.6. The highest BCUT2D eigenvalue weighted by molar-refractivity contribution is 8.00. The maximum absolute atomic E-state index is 12.5. The Morgan fingerprint density at radius 2 is 1.72 bits per heavy atom. The number of benzene rings is 1. The van der Waals surface area contributed by atoms with E-state index in [2.05, 4.69) is 0 Å². The molecular weight excluding hydrogens is 340 g/mol. The molecule has 1 aromatic carbocycles. The van der Waals surface area contributed by atoms with E-state index in [0.717, 1.165) is 36.3 Å². The number of para-hydroxylation sites is 1. The Kier molecular flexibility index (Phi) is 5.27. The lowest BCUT2D eigenvalue weighted by atomic mass is 9.79. The van der Waals surface area contributed by atoms with E-state index in [1.165, 1.54) is 0 Å². The highest BCUT2D eigenvalue weighted by Gasteiger charge is 2.49. The van der Waals surface area contributed by atoms with Crippen LogP contribution in [0.3, 0.4) is 0 Å². The van der Waals surface area contributed by atoms with Crippen molar-refractivity contribution in [2.24, 2.45) is 11.8 Å². The summed E-state index contributed by atoms with van der Waals surface area (Å²) >= 11 is 1.68. The number of hydrogen-bond acceptors (Lipinski definition) is 6. The third-order valence-corrected chi connectivity index (χ3v) is 6.21. The first-order valence-corrected chi connectivity index (χ1v) is 9.54. The van der Waals surface area contributed by atoms with Gasteiger partial charge in [0, 0.05) is 24.0 Å². The second-order valence-electron chi connectivity index (χ2n) is 6.98. The molecule has 5 nitrogen and oxygen atoms in total. The molecule has 2 fully saturated rings. The molecule has 1 saturated carbocycles. The molecule has 2 aliphatic rings. The Balaban J connectivity index is 1.81. The van der Waals surface area contributed by atoms with Crippen LogP contribution < -0.4 is 4.74 Å². The van der Waals surface area contributed by atoms with Crippen molar-refractivity contribution >= 4 is 23.7 Å². The summed E-state index contributed by atoms with van der Waals surface area (Å²) in [5.41, 5.74) is 0. The van der Waals surface area contributed by atoms with Crippen LogP contribution in [0, 0.1) is 11.8 Å². The number of carbonyl (C=O) groups excluding carboxylic acids is 2. The van der Waals surface area contributed by atoms with E-state index in [4.69, 9.17) is 14.2 Å². The lowest BCUT2D eigenvalue weighted by molar-refractivity contribution is -0.243. The molecular formula is C19H24O5S. The van der Waals surface area contributed by atoms with Crippen molar-refractivity contribution in [3.8, 4) is 5.75 Å². The average molecular weight is 364 g/mol. The first-order valence-electron chi connectivity index (χ1n) is 8.66. The van der Waals surface area contributed by atoms with Crippen LogP contribution in [0.15, 0.2) is 29.2 Å². The van der Waals surface area contributed by atoms with Gasteiger partial charge in [-0.3, -0.25) is 9.59 Å². The van der Waals surface area contributed by atoms with Gasteiger partial charge >= 0.3 is 11.9 Å². The fourth-order valence-electron chi connectivity index (χ4n) is 3.61. The third-order valence-electron chi connectivity index (χ3n) is 4.73. The predicted octanol–water partition coefficient (Wildman–Crippen LogP) is 3.80. The van der Waals surface area contributed by atoms with Gasteiger partial charge < -0.3 is 14.2 Å². The van der Waals surface area contributed by atoms with Gasteiger partial charge in [-0.15, -0.1) is 11.8 Å². The topological polar surface area (TPSA) is 61.8 Å². The first kappa shape index (κ1) is 18.1. The molecule has 2 atom stereocenters. The van der Waals surface area contributed by atoms with Crippen LogP contribution in [0.4, 0.5) is 0 Å². The van der Waals surface area contributed by atoms with E-state index >= 15 is 0 Å². The van der Waals surface area contributed by atoms with Gasteiger partial charge in [-0.2, -0.15) is 0 Å². The van der Waals surface area contributed by atoms with Crippen molar-refractivity contribution in [1.29, 1.82) is 0 Å². The van der Waals surface area contributed by atoms with Crippen LogP contribution in [-0.4, -0.2) is 30.1 Å². The summed E-state index contributed by atoms with van der Waals surface area (Å²) < 4.78 is 16.1. The van der Waals surface area contributed by atoms with E-state index in [-0.39, 0.29) is 11.2 Å². The molecule has 0 radical (unpaired) electrons. The molecule has 0 bridgehead atoms. The van der Waals surface area contributed by atoms with Crippen molar-refractivity contribution in [2.45, 2.75) is 55.5 Å². The average Bonchev–Trinajstić information content (AvgIpc) is 2.55. The smallest absolute Gasteiger partial charge is 0.323 e. The highest BCUT2D eigenvalue weighted by Crippen LogP contribution is 2.45. The molecule has 1 heterocycles. The van der Waals surface area contributed by atoms with Crippen molar-refractivity contribution < 1.29 is 23.8 Å². The molecule has 1 aromatic rings. The lowest BCUT2D eigenvalue weighted by Crippen LogP contribution is -2.50. The Hall–Kier alpha value is -1.69. The molecule has 1 aliphatic carbocycles. The van der Waals surface area contributed by atoms with Crippen LogP contribution in [0.1, 0.15) is 39.5 Å². The van der Waals surface area contributed by atoms with Gasteiger partial charge in [0.25, 0.3) is 5.79 Å². The third kappa shape index (κ3) is 3.94. The number of methoxy groups -OCH3 is 1. The van der Waals surface area contributed by atoms with Crippen LogP contribution in [-0.2, 0) is 19.1 Å². The van der Waals surface area contributed by atoms with Gasteiger partial charge in [0.15, 0.2) is 5.92 Å². The van der Waals surface area contributed by atoms with Crippen LogP contribution >= 0.6 is 11.8 Å². The molecule has 0 amide bonds. The predicted molar refractivity (Wildman–Crippen MR) is 94.4 cm³/mol. The normalized spacial score (nSPS) is 26.7. The van der Waals surface area contributed by atoms with Crippen LogP contribution in [0.25, 0.3) is 0 Å². The molecule has 0 aromatic heterocycles. The SMILES string of the molecule is COc1ccccc1S[C@H]1CCCC[C@@H]1C1C(=O)OC(C)(C)OC1=O. The standard InChI is InChI=1S/C19H24O5S/c1-19(2)23-17(20)16(18(21)24-19)12-8-4-6-10-14(12)25-15-11-7-5-9-13(15)22-3/h5,7,9,11-12,14,16H,4,6,8,10H2,1-3H3/t12-,14-/m0/s1. The van der Waals surface area contributed by atoms with Gasteiger partial charge in [0.05, 0.1) is 7.11 Å². The van der Waals surface area contributed by atoms with E-state index in [1.807, 2.05) is 24.3 Å². The minimum Gasteiger partial charge on any atom is -0.496 e. The minimum atomic E-state index is -1.18. The molecule has 1 aliphatic heterocycles. The van der Waals surface area contributed by atoms with Gasteiger partial charge in [-0.25, -0.2) is 0 Å². The van der Waals surface area contributed by atoms with Gasteiger partial charge in [0.1, 0.15) is 5.75 Å². The largest absolute Gasteiger partial charge is 0.496 e. The monoisotopic (exact) mass is 364 g/mol. The number of rotatable bonds is 4. The quantitative estimate of drug-likeness (QED) is 0.598. The fourth-order valence-corrected chi connectivity index (χ4v) is 5.11. The number of thioether (sulfide) groups is 1. The maximum atomic E-state index is 12.5. The Labute approximate surface area is 152 Å². The minimum absolute atomic E-state index is 0.0836. The van der Waals surface area contributed by atoms with E-state index < -0.39 is 23.6 Å². The molecule has 6 heteroatoms. The summed E-state index contributed by atoms with van der Waals surface area (Å²) in [4.78, 5) is 26.0. The van der Waals surface area contributed by atoms with Crippen molar-refractivity contribution in [1.82, 2.24) is 0 Å². The number of ether oxygens (including phenoxy) is 3. The summed E-state index contributed by atoms with van der Waals surface area (Å²) in [6.45, 7) is 3.17. The zero-order valence-electron chi connectivity index (χ0n) is 14.8. The Morgan fingerprint density at radius 3 is 2.40 bits per heavy atom. The molecule has 25 heavy (non-hydrogen) atoms. The van der Waals surface area contributed by atoms with Crippen molar-refractivity contribution in [3.05, 3.63) is 24.3 Å². The van der Waals surface area contributed by atoms with E-state index in [1.54, 1.807) is 32.7 Å². The number of cyclic esters (lactones) is 2. The molecule has 0 spiro atoms. The van der Waals surface area contributed by atoms with Gasteiger partial charge in [0.2, 0.25) is 0 Å². The zero-order chi connectivity index (χ0) is 18.0. The molecule has 1 saturated heterocycles. The lowest BCUT2D eigenvalue weighted by Gasteiger charge is -2.40. The van der Waals surface area contributed by atoms with Crippen LogP contribution in [0.5, 0.6) is 5.75 Å². The first-order chi connectivity index (χ1) is 11.9. The molecule has 0 N–H and O–H groups in total.